The number of likely N-dealkylation sites (tertiary alicyclic amines) is 1. The fourth-order valence-electron chi connectivity index (χ4n) is 4.04. The van der Waals surface area contributed by atoms with Crippen LogP contribution in [0.3, 0.4) is 0 Å². The van der Waals surface area contributed by atoms with Gasteiger partial charge in [0.05, 0.1) is 0 Å². The first kappa shape index (κ1) is 20.5. The first-order valence-electron chi connectivity index (χ1n) is 10.2. The number of hydrogen-bond donors (Lipinski definition) is 1. The fourth-order valence-corrected chi connectivity index (χ4v) is 6.86. The zero-order chi connectivity index (χ0) is 20.3. The number of piperidine rings is 1. The Morgan fingerprint density at radius 1 is 1.00 bits per heavy atom. The highest BCUT2D eigenvalue weighted by Crippen LogP contribution is 2.28. The minimum absolute atomic E-state index is 0.117. The number of benzene rings is 1. The molecule has 1 amide bonds. The number of carbonyl (C=O) groups is 1. The molecule has 0 unspecified atom stereocenters. The predicted molar refractivity (Wildman–Crippen MR) is 116 cm³/mol. The van der Waals surface area contributed by atoms with Crippen molar-refractivity contribution in [3.63, 3.8) is 0 Å². The van der Waals surface area contributed by atoms with Gasteiger partial charge in [-0.05, 0) is 67.9 Å². The van der Waals surface area contributed by atoms with E-state index in [1.165, 1.54) is 34.9 Å². The Bertz CT molecular complexity index is 959. The van der Waals surface area contributed by atoms with Crippen LogP contribution in [0.2, 0.25) is 0 Å². The highest BCUT2D eigenvalue weighted by atomic mass is 32.2. The number of thiophene rings is 1. The Hall–Kier alpha value is -1.74. The molecular formula is C21H27N3O3S2. The molecule has 0 aliphatic carbocycles. The molecule has 6 nitrogen and oxygen atoms in total. The highest BCUT2D eigenvalue weighted by molar-refractivity contribution is 7.89. The van der Waals surface area contributed by atoms with E-state index < -0.39 is 10.0 Å². The number of sulfonamides is 1. The zero-order valence-corrected chi connectivity index (χ0v) is 18.1. The fraction of sp³-hybridized carbons (Fsp3) is 0.476. The number of nitrogens with zero attached hydrogens (tertiary/aromatic N) is 2. The van der Waals surface area contributed by atoms with Gasteiger partial charge in [-0.25, -0.2) is 8.42 Å². The van der Waals surface area contributed by atoms with Crippen LogP contribution in [0.4, 0.5) is 5.69 Å². The van der Waals surface area contributed by atoms with E-state index in [0.29, 0.717) is 18.8 Å². The summed E-state index contributed by atoms with van der Waals surface area (Å²) in [5.74, 6) is -0.368. The molecule has 1 N–H and O–H groups in total. The smallest absolute Gasteiger partial charge is 0.267 e. The lowest BCUT2D eigenvalue weighted by Crippen LogP contribution is -2.29. The minimum Gasteiger partial charge on any atom is -0.321 e. The second-order valence-electron chi connectivity index (χ2n) is 7.72. The van der Waals surface area contributed by atoms with Crippen molar-refractivity contribution in [3.05, 3.63) is 46.2 Å². The summed E-state index contributed by atoms with van der Waals surface area (Å²) in [4.78, 5) is 15.7. The Morgan fingerprint density at radius 2 is 1.72 bits per heavy atom. The molecule has 4 rings (SSSR count). The lowest BCUT2D eigenvalue weighted by Gasteiger charge is -2.26. The normalized spacial score (nSPS) is 18.8. The molecule has 2 aliphatic heterocycles. The van der Waals surface area contributed by atoms with E-state index in [2.05, 4.69) is 16.3 Å². The molecule has 1 aromatic heterocycles. The Balaban J connectivity index is 1.48. The lowest BCUT2D eigenvalue weighted by atomic mass is 10.1. The van der Waals surface area contributed by atoms with Gasteiger partial charge >= 0.3 is 0 Å². The first-order chi connectivity index (χ1) is 14.0. The SMILES string of the molecule is O=C(Nc1cccc(CN2CCCCC2)c1)c1sccc1S(=O)(=O)N1CCCC1. The molecular weight excluding hydrogens is 406 g/mol. The summed E-state index contributed by atoms with van der Waals surface area (Å²) < 4.78 is 27.3. The van der Waals surface area contributed by atoms with Gasteiger partial charge in [-0.1, -0.05) is 18.6 Å². The van der Waals surface area contributed by atoms with Crippen molar-refractivity contribution in [2.45, 2.75) is 43.5 Å². The maximum Gasteiger partial charge on any atom is 0.267 e. The second-order valence-corrected chi connectivity index (χ2v) is 10.5. The Morgan fingerprint density at radius 3 is 2.48 bits per heavy atom. The molecule has 2 fully saturated rings. The molecule has 0 bridgehead atoms. The Kier molecular flexibility index (Phi) is 6.34. The number of carbonyl (C=O) groups excluding carboxylic acids is 1. The van der Waals surface area contributed by atoms with Crippen molar-refractivity contribution >= 4 is 33.0 Å². The van der Waals surface area contributed by atoms with Crippen molar-refractivity contribution in [1.82, 2.24) is 9.21 Å². The van der Waals surface area contributed by atoms with E-state index in [1.807, 2.05) is 18.2 Å². The lowest BCUT2D eigenvalue weighted by molar-refractivity contribution is 0.102. The monoisotopic (exact) mass is 433 g/mol. The van der Waals surface area contributed by atoms with Gasteiger partial charge in [0.25, 0.3) is 5.91 Å². The predicted octanol–water partition coefficient (Wildman–Crippen LogP) is 3.77. The number of anilines is 1. The van der Waals surface area contributed by atoms with E-state index in [0.717, 1.165) is 38.0 Å². The number of rotatable bonds is 6. The van der Waals surface area contributed by atoms with Crippen molar-refractivity contribution in [2.75, 3.05) is 31.5 Å². The highest BCUT2D eigenvalue weighted by Gasteiger charge is 2.31. The molecule has 156 valence electrons. The molecule has 2 saturated heterocycles. The van der Waals surface area contributed by atoms with Crippen LogP contribution < -0.4 is 5.32 Å². The minimum atomic E-state index is -3.61. The third kappa shape index (κ3) is 4.71. The number of hydrogen-bond acceptors (Lipinski definition) is 5. The van der Waals surface area contributed by atoms with E-state index >= 15 is 0 Å². The second kappa shape index (κ2) is 8.95. The number of amides is 1. The maximum absolute atomic E-state index is 12.9. The van der Waals surface area contributed by atoms with Gasteiger partial charge < -0.3 is 5.32 Å². The van der Waals surface area contributed by atoms with Crippen LogP contribution in [0.15, 0.2) is 40.6 Å². The summed E-state index contributed by atoms with van der Waals surface area (Å²) in [7, 11) is -3.61. The largest absolute Gasteiger partial charge is 0.321 e. The van der Waals surface area contributed by atoms with Gasteiger partial charge in [0, 0.05) is 25.3 Å². The third-order valence-corrected chi connectivity index (χ3v) is 8.54. The molecule has 2 aromatic rings. The average molecular weight is 434 g/mol. The summed E-state index contributed by atoms with van der Waals surface area (Å²) in [6.07, 6.45) is 5.52. The van der Waals surface area contributed by atoms with Crippen LogP contribution >= 0.6 is 11.3 Å². The van der Waals surface area contributed by atoms with Gasteiger partial charge in [0.15, 0.2) is 0 Å². The molecule has 0 radical (unpaired) electrons. The summed E-state index contributed by atoms with van der Waals surface area (Å²) in [5.41, 5.74) is 1.85. The molecule has 8 heteroatoms. The summed E-state index contributed by atoms with van der Waals surface area (Å²) in [6, 6.07) is 9.37. The summed E-state index contributed by atoms with van der Waals surface area (Å²) in [5, 5.41) is 4.57. The quantitative estimate of drug-likeness (QED) is 0.753. The summed E-state index contributed by atoms with van der Waals surface area (Å²) >= 11 is 1.17. The number of nitrogens with one attached hydrogen (secondary N) is 1. The van der Waals surface area contributed by atoms with Crippen LogP contribution in [0.25, 0.3) is 0 Å². The molecule has 3 heterocycles. The molecule has 2 aliphatic rings. The van der Waals surface area contributed by atoms with E-state index in [-0.39, 0.29) is 15.7 Å². The van der Waals surface area contributed by atoms with E-state index in [4.69, 9.17) is 0 Å². The van der Waals surface area contributed by atoms with Gasteiger partial charge in [0.2, 0.25) is 10.0 Å². The molecule has 1 aromatic carbocycles. The van der Waals surface area contributed by atoms with Crippen molar-refractivity contribution in [1.29, 1.82) is 0 Å². The third-order valence-electron chi connectivity index (χ3n) is 5.56. The van der Waals surface area contributed by atoms with Gasteiger partial charge in [-0.2, -0.15) is 4.31 Å². The van der Waals surface area contributed by atoms with Crippen LogP contribution in [0.1, 0.15) is 47.3 Å². The van der Waals surface area contributed by atoms with Gasteiger partial charge in [-0.15, -0.1) is 11.3 Å². The van der Waals surface area contributed by atoms with Crippen molar-refractivity contribution in [3.8, 4) is 0 Å². The van der Waals surface area contributed by atoms with Crippen LogP contribution in [0, 0.1) is 0 Å². The maximum atomic E-state index is 12.9. The standard InChI is InChI=1S/C21H27N3O3S2/c25-21(20-19(9-14-28-20)29(26,27)24-12-4-5-13-24)22-18-8-6-7-17(15-18)16-23-10-2-1-3-11-23/h6-9,14-15H,1-5,10-13,16H2,(H,22,25). The Labute approximate surface area is 176 Å². The van der Waals surface area contributed by atoms with Gasteiger partial charge in [0.1, 0.15) is 9.77 Å². The van der Waals surface area contributed by atoms with Crippen LogP contribution in [-0.4, -0.2) is 49.7 Å². The van der Waals surface area contributed by atoms with Crippen molar-refractivity contribution in [2.24, 2.45) is 0 Å². The molecule has 0 saturated carbocycles. The van der Waals surface area contributed by atoms with Crippen LogP contribution in [-0.2, 0) is 16.6 Å². The molecule has 0 spiro atoms. The molecule has 0 atom stereocenters. The zero-order valence-electron chi connectivity index (χ0n) is 16.5. The van der Waals surface area contributed by atoms with Crippen molar-refractivity contribution < 1.29 is 13.2 Å². The molecule has 29 heavy (non-hydrogen) atoms. The summed E-state index contributed by atoms with van der Waals surface area (Å²) in [6.45, 7) is 4.15. The van der Waals surface area contributed by atoms with Gasteiger partial charge in [-0.3, -0.25) is 9.69 Å². The first-order valence-corrected chi connectivity index (χ1v) is 12.6. The van der Waals surface area contributed by atoms with E-state index in [9.17, 15) is 13.2 Å². The topological polar surface area (TPSA) is 69.7 Å². The van der Waals surface area contributed by atoms with Crippen LogP contribution in [0.5, 0.6) is 0 Å². The average Bonchev–Trinajstić information content (AvgIpc) is 3.42. The van der Waals surface area contributed by atoms with E-state index in [1.54, 1.807) is 11.4 Å².